The molecule has 1 N–H and O–H groups in total. The van der Waals surface area contributed by atoms with Gasteiger partial charge in [-0.3, -0.25) is 0 Å². The lowest BCUT2D eigenvalue weighted by Crippen LogP contribution is -2.30. The van der Waals surface area contributed by atoms with Gasteiger partial charge in [0, 0.05) is 6.61 Å². The number of hydrogen-bond acceptors (Lipinski definition) is 5. The monoisotopic (exact) mass is 223 g/mol. The predicted molar refractivity (Wildman–Crippen MR) is 60.8 cm³/mol. The van der Waals surface area contributed by atoms with E-state index in [1.165, 1.54) is 6.33 Å². The van der Waals surface area contributed by atoms with E-state index in [9.17, 15) is 0 Å². The highest BCUT2D eigenvalue weighted by Crippen LogP contribution is 2.21. The van der Waals surface area contributed by atoms with E-state index < -0.39 is 0 Å². The second-order valence-electron chi connectivity index (χ2n) is 3.91. The topological polar surface area (TPSA) is 56.3 Å². The molecule has 0 amide bonds. The average Bonchev–Trinajstić information content (AvgIpc) is 2.33. The third-order valence-corrected chi connectivity index (χ3v) is 2.73. The summed E-state index contributed by atoms with van der Waals surface area (Å²) >= 11 is 0. The minimum Gasteiger partial charge on any atom is -0.481 e. The van der Waals surface area contributed by atoms with Crippen LogP contribution >= 0.6 is 0 Å². The van der Waals surface area contributed by atoms with Crippen molar-refractivity contribution in [2.45, 2.75) is 25.8 Å². The van der Waals surface area contributed by atoms with Crippen molar-refractivity contribution in [2.75, 3.05) is 25.6 Å². The van der Waals surface area contributed by atoms with Crippen LogP contribution in [-0.2, 0) is 4.74 Å². The Morgan fingerprint density at radius 3 is 3.06 bits per heavy atom. The molecule has 1 aliphatic rings. The first-order valence-corrected chi connectivity index (χ1v) is 5.51. The van der Waals surface area contributed by atoms with Crippen LogP contribution in [0.1, 0.15) is 18.4 Å². The van der Waals surface area contributed by atoms with Crippen LogP contribution in [0, 0.1) is 6.92 Å². The van der Waals surface area contributed by atoms with E-state index in [0.717, 1.165) is 37.4 Å². The highest BCUT2D eigenvalue weighted by Gasteiger charge is 2.16. The molecule has 1 fully saturated rings. The van der Waals surface area contributed by atoms with Crippen LogP contribution in [-0.4, -0.2) is 36.3 Å². The van der Waals surface area contributed by atoms with E-state index in [-0.39, 0.29) is 0 Å². The van der Waals surface area contributed by atoms with Gasteiger partial charge < -0.3 is 14.8 Å². The van der Waals surface area contributed by atoms with E-state index >= 15 is 0 Å². The van der Waals surface area contributed by atoms with Gasteiger partial charge in [0.2, 0.25) is 5.88 Å². The van der Waals surface area contributed by atoms with Gasteiger partial charge in [-0.25, -0.2) is 9.97 Å². The largest absolute Gasteiger partial charge is 0.481 e. The maximum Gasteiger partial charge on any atom is 0.221 e. The Hall–Kier alpha value is -1.36. The fourth-order valence-electron chi connectivity index (χ4n) is 1.83. The number of anilines is 1. The lowest BCUT2D eigenvalue weighted by atomic mass is 10.1. The predicted octanol–water partition coefficient (Wildman–Crippen LogP) is 1.38. The molecule has 0 aliphatic carbocycles. The zero-order valence-electron chi connectivity index (χ0n) is 9.69. The first-order chi connectivity index (χ1) is 7.81. The molecule has 0 spiro atoms. The molecule has 2 heterocycles. The van der Waals surface area contributed by atoms with Crippen LogP contribution in [0.15, 0.2) is 6.33 Å². The number of rotatable bonds is 3. The van der Waals surface area contributed by atoms with E-state index in [2.05, 4.69) is 15.3 Å². The number of aromatic nitrogens is 2. The summed E-state index contributed by atoms with van der Waals surface area (Å²) in [5.74, 6) is 1.46. The molecule has 5 nitrogen and oxygen atoms in total. The van der Waals surface area contributed by atoms with E-state index in [1.807, 2.05) is 6.92 Å². The summed E-state index contributed by atoms with van der Waals surface area (Å²) in [4.78, 5) is 8.27. The molecule has 5 heteroatoms. The molecule has 1 saturated heterocycles. The van der Waals surface area contributed by atoms with E-state index in [0.29, 0.717) is 11.9 Å². The van der Waals surface area contributed by atoms with E-state index in [1.54, 1.807) is 7.11 Å². The van der Waals surface area contributed by atoms with Gasteiger partial charge in [0.25, 0.3) is 0 Å². The number of methoxy groups -OCH3 is 1. The third kappa shape index (κ3) is 2.41. The number of hydrogen-bond donors (Lipinski definition) is 1. The molecule has 1 aromatic heterocycles. The molecule has 88 valence electrons. The molecular formula is C11H17N3O2. The third-order valence-electron chi connectivity index (χ3n) is 2.73. The SMILES string of the molecule is COc1ncnc(NC2CCCOC2)c1C. The van der Waals surface area contributed by atoms with Crippen molar-refractivity contribution in [1.82, 2.24) is 9.97 Å². The summed E-state index contributed by atoms with van der Waals surface area (Å²) < 4.78 is 10.6. The Bertz CT molecular complexity index is 351. The summed E-state index contributed by atoms with van der Waals surface area (Å²) in [6.45, 7) is 3.56. The smallest absolute Gasteiger partial charge is 0.221 e. The van der Waals surface area contributed by atoms with Crippen molar-refractivity contribution in [3.8, 4) is 5.88 Å². The standard InChI is InChI=1S/C11H17N3O2/c1-8-10(12-7-13-11(8)15-2)14-9-4-3-5-16-6-9/h7,9H,3-6H2,1-2H3,(H,12,13,14). The van der Waals surface area contributed by atoms with Crippen molar-refractivity contribution in [2.24, 2.45) is 0 Å². The molecule has 1 atom stereocenters. The van der Waals surface area contributed by atoms with Gasteiger partial charge >= 0.3 is 0 Å². The van der Waals surface area contributed by atoms with Gasteiger partial charge in [-0.15, -0.1) is 0 Å². The van der Waals surface area contributed by atoms with Gasteiger partial charge in [0.05, 0.1) is 25.3 Å². The Kier molecular flexibility index (Phi) is 3.56. The lowest BCUT2D eigenvalue weighted by molar-refractivity contribution is 0.0875. The van der Waals surface area contributed by atoms with Crippen molar-refractivity contribution in [3.05, 3.63) is 11.9 Å². The zero-order valence-corrected chi connectivity index (χ0v) is 9.69. The van der Waals surface area contributed by atoms with E-state index in [4.69, 9.17) is 9.47 Å². The fraction of sp³-hybridized carbons (Fsp3) is 0.636. The Morgan fingerprint density at radius 2 is 2.38 bits per heavy atom. The van der Waals surface area contributed by atoms with Gasteiger partial charge in [-0.05, 0) is 19.8 Å². The molecular weight excluding hydrogens is 206 g/mol. The molecule has 0 radical (unpaired) electrons. The van der Waals surface area contributed by atoms with Crippen LogP contribution in [0.5, 0.6) is 5.88 Å². The highest BCUT2D eigenvalue weighted by molar-refractivity contribution is 5.48. The summed E-state index contributed by atoms with van der Waals surface area (Å²) in [7, 11) is 1.61. The molecule has 2 rings (SSSR count). The molecule has 0 saturated carbocycles. The molecule has 1 aromatic rings. The zero-order chi connectivity index (χ0) is 11.4. The van der Waals surface area contributed by atoms with Gasteiger partial charge in [-0.2, -0.15) is 0 Å². The molecule has 1 aliphatic heterocycles. The Morgan fingerprint density at radius 1 is 1.50 bits per heavy atom. The molecule has 16 heavy (non-hydrogen) atoms. The number of nitrogens with zero attached hydrogens (tertiary/aromatic N) is 2. The van der Waals surface area contributed by atoms with Crippen molar-refractivity contribution in [3.63, 3.8) is 0 Å². The van der Waals surface area contributed by atoms with Gasteiger partial charge in [-0.1, -0.05) is 0 Å². The molecule has 0 aromatic carbocycles. The van der Waals surface area contributed by atoms with Crippen LogP contribution in [0.2, 0.25) is 0 Å². The van der Waals surface area contributed by atoms with Gasteiger partial charge in [0.1, 0.15) is 12.1 Å². The number of ether oxygens (including phenoxy) is 2. The maximum atomic E-state index is 5.41. The summed E-state index contributed by atoms with van der Waals surface area (Å²) in [5, 5.41) is 3.37. The van der Waals surface area contributed by atoms with Crippen LogP contribution < -0.4 is 10.1 Å². The van der Waals surface area contributed by atoms with Gasteiger partial charge in [0.15, 0.2) is 0 Å². The van der Waals surface area contributed by atoms with Crippen LogP contribution in [0.3, 0.4) is 0 Å². The summed E-state index contributed by atoms with van der Waals surface area (Å²) in [5.41, 5.74) is 0.940. The molecule has 0 bridgehead atoms. The van der Waals surface area contributed by atoms with Crippen molar-refractivity contribution < 1.29 is 9.47 Å². The minimum atomic E-state index is 0.340. The lowest BCUT2D eigenvalue weighted by Gasteiger charge is -2.24. The quantitative estimate of drug-likeness (QED) is 0.839. The van der Waals surface area contributed by atoms with Crippen LogP contribution in [0.25, 0.3) is 0 Å². The Balaban J connectivity index is 2.08. The fourth-order valence-corrected chi connectivity index (χ4v) is 1.83. The van der Waals surface area contributed by atoms with Crippen molar-refractivity contribution >= 4 is 5.82 Å². The average molecular weight is 223 g/mol. The van der Waals surface area contributed by atoms with Crippen molar-refractivity contribution in [1.29, 1.82) is 0 Å². The van der Waals surface area contributed by atoms with Crippen LogP contribution in [0.4, 0.5) is 5.82 Å². The first kappa shape index (κ1) is 11.1. The normalized spacial score (nSPS) is 20.5. The first-order valence-electron chi connectivity index (χ1n) is 5.51. The summed E-state index contributed by atoms with van der Waals surface area (Å²) in [6.07, 6.45) is 3.72. The highest BCUT2D eigenvalue weighted by atomic mass is 16.5. The number of nitrogens with one attached hydrogen (secondary N) is 1. The second-order valence-corrected chi connectivity index (χ2v) is 3.91. The second kappa shape index (κ2) is 5.12. The Labute approximate surface area is 95.2 Å². The molecule has 1 unspecified atom stereocenters. The minimum absolute atomic E-state index is 0.340. The maximum absolute atomic E-state index is 5.41. The summed E-state index contributed by atoms with van der Waals surface area (Å²) in [6, 6.07) is 0.340.